The van der Waals surface area contributed by atoms with Crippen molar-refractivity contribution in [3.8, 4) is 0 Å². The summed E-state index contributed by atoms with van der Waals surface area (Å²) < 4.78 is 0. The second-order valence-electron chi connectivity index (χ2n) is 8.02. The molecular formula is C23H30N4O3. The van der Waals surface area contributed by atoms with Crippen molar-refractivity contribution in [1.29, 1.82) is 0 Å². The van der Waals surface area contributed by atoms with Crippen molar-refractivity contribution < 1.29 is 14.4 Å². The molecule has 0 bridgehead atoms. The molecule has 2 rings (SSSR count). The van der Waals surface area contributed by atoms with E-state index in [-0.39, 0.29) is 29.8 Å². The molecule has 7 nitrogen and oxygen atoms in total. The quantitative estimate of drug-likeness (QED) is 0.536. The number of benzene rings is 2. The highest BCUT2D eigenvalue weighted by atomic mass is 16.2. The van der Waals surface area contributed by atoms with Gasteiger partial charge in [0, 0.05) is 34.6 Å². The lowest BCUT2D eigenvalue weighted by molar-refractivity contribution is -0.114. The molecule has 0 aliphatic carbocycles. The Kier molecular flexibility index (Phi) is 7.98. The first-order chi connectivity index (χ1) is 14.2. The second-order valence-corrected chi connectivity index (χ2v) is 8.02. The van der Waals surface area contributed by atoms with E-state index >= 15 is 0 Å². The summed E-state index contributed by atoms with van der Waals surface area (Å²) in [4.78, 5) is 36.6. The predicted octanol–water partition coefficient (Wildman–Crippen LogP) is 3.41. The number of amides is 3. The van der Waals surface area contributed by atoms with Gasteiger partial charge in [0.15, 0.2) is 0 Å². The molecule has 0 aliphatic rings. The van der Waals surface area contributed by atoms with Gasteiger partial charge in [0.1, 0.15) is 0 Å². The topological polar surface area (TPSA) is 99.3 Å². The van der Waals surface area contributed by atoms with Crippen LogP contribution in [0.5, 0.6) is 0 Å². The van der Waals surface area contributed by atoms with Gasteiger partial charge >= 0.3 is 0 Å². The van der Waals surface area contributed by atoms with Gasteiger partial charge in [-0.3, -0.25) is 14.4 Å². The summed E-state index contributed by atoms with van der Waals surface area (Å²) in [5.41, 5.74) is 1.89. The maximum atomic E-state index is 12.3. The molecule has 0 fully saturated rings. The fourth-order valence-corrected chi connectivity index (χ4v) is 2.65. The number of anilines is 2. The molecule has 7 heteroatoms. The largest absolute Gasteiger partial charge is 0.376 e. The number of hydrogen-bond acceptors (Lipinski definition) is 4. The molecule has 0 radical (unpaired) electrons. The van der Waals surface area contributed by atoms with E-state index in [0.717, 1.165) is 6.42 Å². The van der Waals surface area contributed by atoms with Crippen molar-refractivity contribution in [3.05, 3.63) is 59.7 Å². The monoisotopic (exact) mass is 410 g/mol. The lowest BCUT2D eigenvalue weighted by Crippen LogP contribution is -2.40. The van der Waals surface area contributed by atoms with Gasteiger partial charge in [-0.25, -0.2) is 0 Å². The average Bonchev–Trinajstić information content (AvgIpc) is 2.69. The fraction of sp³-hybridized carbons (Fsp3) is 0.348. The van der Waals surface area contributed by atoms with Crippen LogP contribution in [0.1, 0.15) is 54.8 Å². The maximum absolute atomic E-state index is 12.3. The zero-order valence-corrected chi connectivity index (χ0v) is 18.0. The highest BCUT2D eigenvalue weighted by Gasteiger charge is 2.15. The molecule has 0 atom stereocenters. The number of carbonyl (C=O) groups excluding carboxylic acids is 3. The van der Waals surface area contributed by atoms with E-state index in [1.165, 1.54) is 0 Å². The van der Waals surface area contributed by atoms with Crippen LogP contribution in [0.3, 0.4) is 0 Å². The maximum Gasteiger partial charge on any atom is 0.251 e. The molecule has 0 heterocycles. The zero-order valence-electron chi connectivity index (χ0n) is 18.0. The summed E-state index contributed by atoms with van der Waals surface area (Å²) in [5, 5.41) is 11.5. The Morgan fingerprint density at radius 3 is 2.10 bits per heavy atom. The van der Waals surface area contributed by atoms with Crippen molar-refractivity contribution in [1.82, 2.24) is 10.6 Å². The molecule has 0 unspecified atom stereocenters. The number of carbonyl (C=O) groups is 3. The predicted molar refractivity (Wildman–Crippen MR) is 120 cm³/mol. The molecule has 3 amide bonds. The Morgan fingerprint density at radius 2 is 1.47 bits per heavy atom. The molecule has 0 aliphatic heterocycles. The third kappa shape index (κ3) is 7.58. The van der Waals surface area contributed by atoms with Gasteiger partial charge in [-0.05, 0) is 63.6 Å². The van der Waals surface area contributed by atoms with Crippen LogP contribution >= 0.6 is 0 Å². The summed E-state index contributed by atoms with van der Waals surface area (Å²) in [6.45, 7) is 8.36. The standard InChI is InChI=1S/C23H30N4O3/c1-5-12-24-21(29)16-8-7-11-19(14-16)26-20(28)15-25-18-10-6-9-17(13-18)22(30)27-23(2,3)4/h6-11,13-14,25H,5,12,15H2,1-4H3,(H,24,29)(H,26,28)(H,27,30). The molecular weight excluding hydrogens is 380 g/mol. The molecule has 30 heavy (non-hydrogen) atoms. The summed E-state index contributed by atoms with van der Waals surface area (Å²) in [6.07, 6.45) is 0.854. The normalized spacial score (nSPS) is 10.8. The molecule has 0 spiro atoms. The average molecular weight is 411 g/mol. The van der Waals surface area contributed by atoms with Gasteiger partial charge < -0.3 is 21.3 Å². The Hall–Kier alpha value is -3.35. The smallest absolute Gasteiger partial charge is 0.251 e. The van der Waals surface area contributed by atoms with Crippen molar-refractivity contribution in [2.45, 2.75) is 39.7 Å². The Bertz CT molecular complexity index is 903. The van der Waals surface area contributed by atoms with Crippen molar-refractivity contribution in [2.24, 2.45) is 0 Å². The van der Waals surface area contributed by atoms with E-state index < -0.39 is 0 Å². The Labute approximate surface area is 177 Å². The molecule has 0 aromatic heterocycles. The first kappa shape index (κ1) is 22.9. The lowest BCUT2D eigenvalue weighted by Gasteiger charge is -2.20. The van der Waals surface area contributed by atoms with Crippen LogP contribution < -0.4 is 21.3 Å². The summed E-state index contributed by atoms with van der Waals surface area (Å²) in [5.74, 6) is -0.601. The van der Waals surface area contributed by atoms with Crippen LogP contribution in [0.2, 0.25) is 0 Å². The number of hydrogen-bond donors (Lipinski definition) is 4. The molecule has 4 N–H and O–H groups in total. The van der Waals surface area contributed by atoms with Crippen LogP contribution in [0.15, 0.2) is 48.5 Å². The van der Waals surface area contributed by atoms with Gasteiger partial charge in [-0.15, -0.1) is 0 Å². The minimum Gasteiger partial charge on any atom is -0.376 e. The highest BCUT2D eigenvalue weighted by Crippen LogP contribution is 2.13. The first-order valence-electron chi connectivity index (χ1n) is 10.0. The van der Waals surface area contributed by atoms with Crippen LogP contribution in [-0.2, 0) is 4.79 Å². The van der Waals surface area contributed by atoms with Crippen LogP contribution in [-0.4, -0.2) is 36.3 Å². The van der Waals surface area contributed by atoms with Crippen LogP contribution in [0.4, 0.5) is 11.4 Å². The van der Waals surface area contributed by atoms with E-state index in [4.69, 9.17) is 0 Å². The SMILES string of the molecule is CCCNC(=O)c1cccc(NC(=O)CNc2cccc(C(=O)NC(C)(C)C)c2)c1. The Balaban J connectivity index is 1.93. The first-order valence-corrected chi connectivity index (χ1v) is 10.0. The summed E-state index contributed by atoms with van der Waals surface area (Å²) in [6, 6.07) is 13.8. The van der Waals surface area contributed by atoms with E-state index in [1.54, 1.807) is 48.5 Å². The third-order valence-corrected chi connectivity index (χ3v) is 4.01. The van der Waals surface area contributed by atoms with E-state index in [1.807, 2.05) is 27.7 Å². The van der Waals surface area contributed by atoms with Gasteiger partial charge in [0.2, 0.25) is 5.91 Å². The van der Waals surface area contributed by atoms with E-state index in [9.17, 15) is 14.4 Å². The van der Waals surface area contributed by atoms with Gasteiger partial charge in [0.25, 0.3) is 11.8 Å². The zero-order chi connectivity index (χ0) is 22.1. The van der Waals surface area contributed by atoms with Crippen molar-refractivity contribution >= 4 is 29.1 Å². The highest BCUT2D eigenvalue weighted by molar-refractivity contribution is 5.98. The molecule has 2 aromatic rings. The van der Waals surface area contributed by atoms with Gasteiger partial charge in [-0.1, -0.05) is 19.1 Å². The van der Waals surface area contributed by atoms with E-state index in [0.29, 0.717) is 29.0 Å². The summed E-state index contributed by atoms with van der Waals surface area (Å²) in [7, 11) is 0. The minimum atomic E-state index is -0.331. The third-order valence-electron chi connectivity index (χ3n) is 4.01. The Morgan fingerprint density at radius 1 is 0.867 bits per heavy atom. The second kappa shape index (κ2) is 10.4. The summed E-state index contributed by atoms with van der Waals surface area (Å²) >= 11 is 0. The molecule has 0 saturated carbocycles. The lowest BCUT2D eigenvalue weighted by atomic mass is 10.1. The number of nitrogens with one attached hydrogen (secondary N) is 4. The van der Waals surface area contributed by atoms with Gasteiger partial charge in [-0.2, -0.15) is 0 Å². The fourth-order valence-electron chi connectivity index (χ4n) is 2.65. The van der Waals surface area contributed by atoms with Gasteiger partial charge in [0.05, 0.1) is 6.54 Å². The van der Waals surface area contributed by atoms with Crippen LogP contribution in [0, 0.1) is 0 Å². The minimum absolute atomic E-state index is 0.0244. The number of rotatable bonds is 8. The van der Waals surface area contributed by atoms with Crippen molar-refractivity contribution in [2.75, 3.05) is 23.7 Å². The molecule has 2 aromatic carbocycles. The van der Waals surface area contributed by atoms with Crippen LogP contribution in [0.25, 0.3) is 0 Å². The molecule has 0 saturated heterocycles. The molecule has 160 valence electrons. The van der Waals surface area contributed by atoms with E-state index in [2.05, 4.69) is 21.3 Å². The van der Waals surface area contributed by atoms with Crippen molar-refractivity contribution in [3.63, 3.8) is 0 Å².